The van der Waals surface area contributed by atoms with E-state index in [1.54, 1.807) is 18.3 Å². The van der Waals surface area contributed by atoms with E-state index in [9.17, 15) is 4.57 Å². The van der Waals surface area contributed by atoms with Crippen molar-refractivity contribution in [2.45, 2.75) is 6.92 Å². The molecule has 0 spiro atoms. The molecule has 1 rings (SSSR count). The Morgan fingerprint density at radius 3 is 3.00 bits per heavy atom. The van der Waals surface area contributed by atoms with Crippen LogP contribution in [-0.4, -0.2) is 9.88 Å². The predicted octanol–water partition coefficient (Wildman–Crippen LogP) is 1.83. The molecule has 0 amide bonds. The van der Waals surface area contributed by atoms with Gasteiger partial charge in [-0.1, -0.05) is 0 Å². The molecule has 4 nitrogen and oxygen atoms in total. The minimum atomic E-state index is -3.56. The first-order valence-corrected chi connectivity index (χ1v) is 5.01. The van der Waals surface area contributed by atoms with Crippen molar-refractivity contribution in [1.29, 1.82) is 0 Å². The molecule has 0 aliphatic heterocycles. The molecule has 65 valence electrons. The first-order chi connectivity index (χ1) is 5.64. The SMILES string of the molecule is C[CH]P(=O)(O)Oc1cccnc1. The summed E-state index contributed by atoms with van der Waals surface area (Å²) in [6, 6.07) is 3.20. The van der Waals surface area contributed by atoms with Crippen molar-refractivity contribution in [3.8, 4) is 5.75 Å². The maximum absolute atomic E-state index is 11.0. The van der Waals surface area contributed by atoms with Gasteiger partial charge in [-0.15, -0.1) is 0 Å². The van der Waals surface area contributed by atoms with Crippen LogP contribution in [0.2, 0.25) is 0 Å². The fraction of sp³-hybridized carbons (Fsp3) is 0.143. The Morgan fingerprint density at radius 2 is 2.50 bits per heavy atom. The van der Waals surface area contributed by atoms with Crippen molar-refractivity contribution >= 4 is 7.60 Å². The Labute approximate surface area is 70.8 Å². The summed E-state index contributed by atoms with van der Waals surface area (Å²) >= 11 is 0. The van der Waals surface area contributed by atoms with Crippen LogP contribution >= 0.6 is 7.60 Å². The zero-order chi connectivity index (χ0) is 9.03. The molecule has 0 bridgehead atoms. The minimum Gasteiger partial charge on any atom is -0.423 e. The van der Waals surface area contributed by atoms with Crippen molar-refractivity contribution in [3.05, 3.63) is 30.7 Å². The smallest absolute Gasteiger partial charge is 0.380 e. The van der Waals surface area contributed by atoms with E-state index in [2.05, 4.69) is 4.98 Å². The van der Waals surface area contributed by atoms with Crippen molar-refractivity contribution < 1.29 is 14.0 Å². The van der Waals surface area contributed by atoms with Crippen LogP contribution in [0.5, 0.6) is 5.75 Å². The highest BCUT2D eigenvalue weighted by molar-refractivity contribution is 7.55. The number of hydrogen-bond acceptors (Lipinski definition) is 3. The van der Waals surface area contributed by atoms with E-state index in [1.807, 2.05) is 0 Å². The van der Waals surface area contributed by atoms with Crippen molar-refractivity contribution in [2.75, 3.05) is 0 Å². The number of aromatic nitrogens is 1. The summed E-state index contributed by atoms with van der Waals surface area (Å²) in [5.41, 5.74) is 0. The van der Waals surface area contributed by atoms with Gasteiger partial charge in [-0.05, 0) is 19.1 Å². The van der Waals surface area contributed by atoms with Gasteiger partial charge in [-0.3, -0.25) is 4.98 Å². The molecule has 5 heteroatoms. The molecule has 1 radical (unpaired) electrons. The van der Waals surface area contributed by atoms with Crippen molar-refractivity contribution in [3.63, 3.8) is 0 Å². The molecule has 12 heavy (non-hydrogen) atoms. The molecule has 0 aromatic carbocycles. The fourth-order valence-electron chi connectivity index (χ4n) is 0.605. The second-order valence-corrected chi connectivity index (χ2v) is 3.93. The fourth-order valence-corrected chi connectivity index (χ4v) is 1.12. The summed E-state index contributed by atoms with van der Waals surface area (Å²) in [5, 5.41) is 0. The van der Waals surface area contributed by atoms with Gasteiger partial charge in [-0.25, -0.2) is 4.57 Å². The van der Waals surface area contributed by atoms with Gasteiger partial charge < -0.3 is 9.42 Å². The lowest BCUT2D eigenvalue weighted by atomic mass is 10.5. The van der Waals surface area contributed by atoms with Crippen LogP contribution < -0.4 is 4.52 Å². The van der Waals surface area contributed by atoms with Gasteiger partial charge >= 0.3 is 7.60 Å². The Balaban J connectivity index is 2.71. The molecule has 0 aliphatic carbocycles. The topological polar surface area (TPSA) is 59.4 Å². The zero-order valence-corrected chi connectivity index (χ0v) is 7.44. The summed E-state index contributed by atoms with van der Waals surface area (Å²) in [6.45, 7) is 1.47. The number of nitrogens with zero attached hydrogens (tertiary/aromatic N) is 1. The molecule has 1 N–H and O–H groups in total. The molecule has 0 saturated heterocycles. The Morgan fingerprint density at radius 1 is 1.75 bits per heavy atom. The summed E-state index contributed by atoms with van der Waals surface area (Å²) in [4.78, 5) is 12.8. The van der Waals surface area contributed by atoms with Crippen LogP contribution in [0, 0.1) is 6.16 Å². The summed E-state index contributed by atoms with van der Waals surface area (Å²) in [5.74, 6) is 0.293. The van der Waals surface area contributed by atoms with E-state index >= 15 is 0 Å². The minimum absolute atomic E-state index is 0.293. The molecular formula is C7H9NO3P. The van der Waals surface area contributed by atoms with Crippen LogP contribution in [0.15, 0.2) is 24.5 Å². The zero-order valence-electron chi connectivity index (χ0n) is 6.54. The van der Waals surface area contributed by atoms with E-state index in [1.165, 1.54) is 13.1 Å². The van der Waals surface area contributed by atoms with Crippen LogP contribution in [-0.2, 0) is 4.57 Å². The van der Waals surface area contributed by atoms with Gasteiger partial charge in [-0.2, -0.15) is 0 Å². The highest BCUT2D eigenvalue weighted by atomic mass is 31.2. The lowest BCUT2D eigenvalue weighted by Crippen LogP contribution is -1.90. The highest BCUT2D eigenvalue weighted by Gasteiger charge is 2.17. The molecule has 1 atom stereocenters. The van der Waals surface area contributed by atoms with Crippen LogP contribution in [0.3, 0.4) is 0 Å². The average Bonchev–Trinajstić information content (AvgIpc) is 2.06. The number of pyridine rings is 1. The van der Waals surface area contributed by atoms with Crippen LogP contribution in [0.25, 0.3) is 0 Å². The van der Waals surface area contributed by atoms with Crippen molar-refractivity contribution in [2.24, 2.45) is 0 Å². The Bertz CT molecular complexity index is 288. The summed E-state index contributed by atoms with van der Waals surface area (Å²) in [7, 11) is -3.56. The van der Waals surface area contributed by atoms with Gasteiger partial charge in [0.2, 0.25) is 0 Å². The normalized spacial score (nSPS) is 15.2. The number of rotatable bonds is 3. The lowest BCUT2D eigenvalue weighted by Gasteiger charge is -2.09. The second-order valence-electron chi connectivity index (χ2n) is 2.10. The predicted molar refractivity (Wildman–Crippen MR) is 44.7 cm³/mol. The van der Waals surface area contributed by atoms with E-state index in [4.69, 9.17) is 9.42 Å². The largest absolute Gasteiger partial charge is 0.423 e. The maximum Gasteiger partial charge on any atom is 0.380 e. The van der Waals surface area contributed by atoms with Gasteiger partial charge in [0.05, 0.1) is 12.4 Å². The maximum atomic E-state index is 11.0. The van der Waals surface area contributed by atoms with E-state index in [0.29, 0.717) is 5.75 Å². The molecule has 0 saturated carbocycles. The summed E-state index contributed by atoms with van der Waals surface area (Å²) in [6.07, 6.45) is 4.07. The van der Waals surface area contributed by atoms with Crippen LogP contribution in [0.4, 0.5) is 0 Å². The lowest BCUT2D eigenvalue weighted by molar-refractivity contribution is 0.387. The highest BCUT2D eigenvalue weighted by Crippen LogP contribution is 2.44. The molecular weight excluding hydrogens is 177 g/mol. The molecule has 1 aromatic heterocycles. The Hall–Kier alpha value is -0.860. The first kappa shape index (κ1) is 9.23. The Kier molecular flexibility index (Phi) is 2.84. The van der Waals surface area contributed by atoms with Crippen LogP contribution in [0.1, 0.15) is 6.92 Å². The third-order valence-electron chi connectivity index (χ3n) is 1.20. The number of hydrogen-bond donors (Lipinski definition) is 1. The van der Waals surface area contributed by atoms with Crippen molar-refractivity contribution in [1.82, 2.24) is 4.98 Å². The third kappa shape index (κ3) is 2.64. The second kappa shape index (κ2) is 3.70. The van der Waals surface area contributed by atoms with E-state index < -0.39 is 7.60 Å². The first-order valence-electron chi connectivity index (χ1n) is 3.37. The van der Waals surface area contributed by atoms with E-state index in [0.717, 1.165) is 6.16 Å². The molecule has 0 fully saturated rings. The quantitative estimate of drug-likeness (QED) is 0.731. The van der Waals surface area contributed by atoms with Gasteiger partial charge in [0.25, 0.3) is 0 Å². The summed E-state index contributed by atoms with van der Waals surface area (Å²) < 4.78 is 15.7. The van der Waals surface area contributed by atoms with Gasteiger partial charge in [0.15, 0.2) is 0 Å². The molecule has 1 heterocycles. The van der Waals surface area contributed by atoms with Gasteiger partial charge in [0, 0.05) is 6.20 Å². The average molecular weight is 186 g/mol. The molecule has 1 unspecified atom stereocenters. The molecule has 1 aromatic rings. The van der Waals surface area contributed by atoms with Gasteiger partial charge in [0.1, 0.15) is 5.75 Å². The molecule has 0 aliphatic rings. The standard InChI is InChI=1S/C7H9NO3P/c1-2-12(9,10)11-7-4-3-5-8-6-7/h2-6H,1H3,(H,9,10). The van der Waals surface area contributed by atoms with E-state index in [-0.39, 0.29) is 0 Å². The third-order valence-corrected chi connectivity index (χ3v) is 2.32. The monoisotopic (exact) mass is 186 g/mol.